The lowest BCUT2D eigenvalue weighted by Crippen LogP contribution is -2.17. The van der Waals surface area contributed by atoms with Crippen LogP contribution in [0.4, 0.5) is 0 Å². The summed E-state index contributed by atoms with van der Waals surface area (Å²) in [4.78, 5) is 6.61. The minimum atomic E-state index is 0.550. The van der Waals surface area contributed by atoms with Crippen molar-refractivity contribution in [1.29, 1.82) is 0 Å². The summed E-state index contributed by atoms with van der Waals surface area (Å²) < 4.78 is 0. The van der Waals surface area contributed by atoms with Gasteiger partial charge in [-0.1, -0.05) is 0 Å². The molecule has 1 saturated heterocycles. The molecular weight excluding hydrogens is 174 g/mol. The van der Waals surface area contributed by atoms with E-state index in [4.69, 9.17) is 5.73 Å². The van der Waals surface area contributed by atoms with E-state index in [9.17, 15) is 0 Å². The molecule has 1 aromatic heterocycles. The van der Waals surface area contributed by atoms with Crippen molar-refractivity contribution in [3.63, 3.8) is 0 Å². The number of nitrogens with zero attached hydrogens (tertiary/aromatic N) is 2. The fourth-order valence-electron chi connectivity index (χ4n) is 2.13. The second-order valence-electron chi connectivity index (χ2n) is 3.97. The van der Waals surface area contributed by atoms with Gasteiger partial charge in [-0.2, -0.15) is 0 Å². The summed E-state index contributed by atoms with van der Waals surface area (Å²) in [5.74, 6) is 0. The number of likely N-dealkylation sites (tertiary alicyclic amines) is 1. The van der Waals surface area contributed by atoms with Gasteiger partial charge in [-0.15, -0.1) is 0 Å². The van der Waals surface area contributed by atoms with Gasteiger partial charge >= 0.3 is 0 Å². The summed E-state index contributed by atoms with van der Waals surface area (Å²) in [6, 6.07) is 2.73. The van der Waals surface area contributed by atoms with E-state index in [1.54, 1.807) is 0 Å². The van der Waals surface area contributed by atoms with Crippen molar-refractivity contribution in [2.45, 2.75) is 25.4 Å². The number of rotatable bonds is 2. The zero-order valence-corrected chi connectivity index (χ0v) is 8.61. The van der Waals surface area contributed by atoms with Gasteiger partial charge in [0.25, 0.3) is 0 Å². The molecule has 0 spiro atoms. The van der Waals surface area contributed by atoms with Crippen molar-refractivity contribution in [1.82, 2.24) is 9.88 Å². The van der Waals surface area contributed by atoms with Crippen LogP contribution in [-0.2, 0) is 6.54 Å². The Morgan fingerprint density at radius 2 is 2.43 bits per heavy atom. The summed E-state index contributed by atoms with van der Waals surface area (Å²) >= 11 is 0. The first-order chi connectivity index (χ1) is 6.81. The molecule has 2 N–H and O–H groups in total. The monoisotopic (exact) mass is 191 g/mol. The zero-order valence-electron chi connectivity index (χ0n) is 8.61. The van der Waals surface area contributed by atoms with Crippen LogP contribution in [0.3, 0.4) is 0 Å². The summed E-state index contributed by atoms with van der Waals surface area (Å²) in [7, 11) is 2.17. The third-order valence-corrected chi connectivity index (χ3v) is 2.96. The zero-order chi connectivity index (χ0) is 9.97. The van der Waals surface area contributed by atoms with Crippen molar-refractivity contribution >= 4 is 0 Å². The Morgan fingerprint density at radius 1 is 1.57 bits per heavy atom. The molecule has 1 aliphatic heterocycles. The van der Waals surface area contributed by atoms with Crippen LogP contribution in [0.1, 0.15) is 30.0 Å². The van der Waals surface area contributed by atoms with E-state index >= 15 is 0 Å². The molecule has 2 heterocycles. The Balaban J connectivity index is 2.22. The molecule has 76 valence electrons. The highest BCUT2D eigenvalue weighted by molar-refractivity contribution is 5.21. The Labute approximate surface area is 84.9 Å². The third-order valence-electron chi connectivity index (χ3n) is 2.96. The predicted octanol–water partition coefficient (Wildman–Crippen LogP) is 1.31. The molecule has 1 unspecified atom stereocenters. The minimum absolute atomic E-state index is 0.550. The molecule has 1 fully saturated rings. The molecular formula is C11H17N3. The van der Waals surface area contributed by atoms with Gasteiger partial charge in [-0.3, -0.25) is 9.88 Å². The van der Waals surface area contributed by atoms with Gasteiger partial charge in [-0.05, 0) is 43.6 Å². The van der Waals surface area contributed by atoms with Crippen LogP contribution in [-0.4, -0.2) is 23.5 Å². The Bertz CT molecular complexity index is 311. The lowest BCUT2D eigenvalue weighted by molar-refractivity contribution is 0.317. The Hall–Kier alpha value is -0.930. The van der Waals surface area contributed by atoms with E-state index in [1.807, 2.05) is 12.4 Å². The number of hydrogen-bond donors (Lipinski definition) is 1. The molecule has 1 aromatic rings. The first-order valence-corrected chi connectivity index (χ1v) is 5.15. The second kappa shape index (κ2) is 4.07. The van der Waals surface area contributed by atoms with Crippen LogP contribution in [0.2, 0.25) is 0 Å². The van der Waals surface area contributed by atoms with Crippen molar-refractivity contribution in [2.24, 2.45) is 5.73 Å². The fraction of sp³-hybridized carbons (Fsp3) is 0.545. The summed E-state index contributed by atoms with van der Waals surface area (Å²) in [6.45, 7) is 1.77. The molecule has 3 nitrogen and oxygen atoms in total. The van der Waals surface area contributed by atoms with Crippen molar-refractivity contribution in [2.75, 3.05) is 13.6 Å². The Kier molecular flexibility index (Phi) is 2.79. The van der Waals surface area contributed by atoms with Gasteiger partial charge in [-0.25, -0.2) is 0 Å². The first kappa shape index (κ1) is 9.62. The molecule has 0 saturated carbocycles. The Morgan fingerprint density at radius 3 is 3.07 bits per heavy atom. The maximum absolute atomic E-state index is 5.60. The molecule has 0 aliphatic carbocycles. The highest BCUT2D eigenvalue weighted by Crippen LogP contribution is 2.29. The van der Waals surface area contributed by atoms with E-state index in [0.29, 0.717) is 12.6 Å². The van der Waals surface area contributed by atoms with Crippen molar-refractivity contribution in [3.8, 4) is 0 Å². The average Bonchev–Trinajstić information content (AvgIpc) is 2.65. The number of hydrogen-bond acceptors (Lipinski definition) is 3. The number of aromatic nitrogens is 1. The molecule has 3 heteroatoms. The predicted molar refractivity (Wildman–Crippen MR) is 56.7 cm³/mol. The highest BCUT2D eigenvalue weighted by Gasteiger charge is 2.22. The van der Waals surface area contributed by atoms with Gasteiger partial charge in [0.15, 0.2) is 0 Å². The average molecular weight is 191 g/mol. The van der Waals surface area contributed by atoms with Gasteiger partial charge in [0.2, 0.25) is 0 Å². The van der Waals surface area contributed by atoms with E-state index in [2.05, 4.69) is 23.0 Å². The van der Waals surface area contributed by atoms with Crippen LogP contribution in [0, 0.1) is 0 Å². The van der Waals surface area contributed by atoms with E-state index in [-0.39, 0.29) is 0 Å². The number of pyridine rings is 1. The summed E-state index contributed by atoms with van der Waals surface area (Å²) in [5.41, 5.74) is 8.04. The van der Waals surface area contributed by atoms with E-state index < -0.39 is 0 Å². The minimum Gasteiger partial charge on any atom is -0.326 e. The highest BCUT2D eigenvalue weighted by atomic mass is 15.1. The summed E-state index contributed by atoms with van der Waals surface area (Å²) in [6.07, 6.45) is 6.34. The topological polar surface area (TPSA) is 42.2 Å². The maximum atomic E-state index is 5.60. The largest absolute Gasteiger partial charge is 0.326 e. The summed E-state index contributed by atoms with van der Waals surface area (Å²) in [5, 5.41) is 0. The lowest BCUT2D eigenvalue weighted by atomic mass is 10.1. The second-order valence-corrected chi connectivity index (χ2v) is 3.97. The van der Waals surface area contributed by atoms with Gasteiger partial charge in [0, 0.05) is 25.0 Å². The molecule has 14 heavy (non-hydrogen) atoms. The van der Waals surface area contributed by atoms with Gasteiger partial charge < -0.3 is 5.73 Å². The van der Waals surface area contributed by atoms with Crippen LogP contribution in [0.15, 0.2) is 18.5 Å². The smallest absolute Gasteiger partial charge is 0.0360 e. The quantitative estimate of drug-likeness (QED) is 0.766. The van der Waals surface area contributed by atoms with Crippen molar-refractivity contribution < 1.29 is 0 Å². The molecule has 2 rings (SSSR count). The van der Waals surface area contributed by atoms with Crippen molar-refractivity contribution in [3.05, 3.63) is 29.6 Å². The van der Waals surface area contributed by atoms with E-state index in [0.717, 1.165) is 5.56 Å². The normalized spacial score (nSPS) is 22.9. The van der Waals surface area contributed by atoms with Crippen LogP contribution < -0.4 is 5.73 Å². The maximum Gasteiger partial charge on any atom is 0.0360 e. The first-order valence-electron chi connectivity index (χ1n) is 5.15. The van der Waals surface area contributed by atoms with Gasteiger partial charge in [0.1, 0.15) is 0 Å². The molecule has 1 aliphatic rings. The lowest BCUT2D eigenvalue weighted by Gasteiger charge is -2.19. The molecule has 0 amide bonds. The number of nitrogens with two attached hydrogens (primary N) is 1. The standard InChI is InChI=1S/C11H17N3/c1-14-4-2-3-11(14)10-5-9(6-12)7-13-8-10/h5,7-8,11H,2-4,6,12H2,1H3. The molecule has 1 atom stereocenters. The SMILES string of the molecule is CN1CCCC1c1cncc(CN)c1. The van der Waals surface area contributed by atoms with Crippen LogP contribution in [0.5, 0.6) is 0 Å². The van der Waals surface area contributed by atoms with Crippen LogP contribution in [0.25, 0.3) is 0 Å². The molecule has 0 radical (unpaired) electrons. The molecule has 0 aromatic carbocycles. The third kappa shape index (κ3) is 1.79. The molecule has 0 bridgehead atoms. The van der Waals surface area contributed by atoms with Crippen LogP contribution >= 0.6 is 0 Å². The van der Waals surface area contributed by atoms with E-state index in [1.165, 1.54) is 24.9 Å². The fourth-order valence-corrected chi connectivity index (χ4v) is 2.13. The van der Waals surface area contributed by atoms with Gasteiger partial charge in [0.05, 0.1) is 0 Å².